The number of rotatable bonds is 12. The van der Waals surface area contributed by atoms with Gasteiger partial charge < -0.3 is 21.5 Å². The van der Waals surface area contributed by atoms with Crippen molar-refractivity contribution in [3.8, 4) is 0 Å². The van der Waals surface area contributed by atoms with Crippen LogP contribution in [0.2, 0.25) is 0 Å². The van der Waals surface area contributed by atoms with Gasteiger partial charge in [0.15, 0.2) is 0 Å². The van der Waals surface area contributed by atoms with Crippen LogP contribution < -0.4 is 16.8 Å². The van der Waals surface area contributed by atoms with E-state index in [0.717, 1.165) is 5.75 Å². The summed E-state index contributed by atoms with van der Waals surface area (Å²) in [7, 11) is 1.31. The van der Waals surface area contributed by atoms with Gasteiger partial charge >= 0.3 is 5.97 Å². The van der Waals surface area contributed by atoms with Gasteiger partial charge in [0.05, 0.1) is 13.0 Å². The number of hydrogen-bond donors (Lipinski definition) is 4. The molecule has 6 nitrogen and oxygen atoms in total. The number of carbonyl (C=O) groups excluding carboxylic acids is 2. The molecule has 0 aromatic heterocycles. The van der Waals surface area contributed by atoms with Crippen LogP contribution in [0.3, 0.4) is 0 Å². The Hall–Kier alpha value is -0.960. The lowest BCUT2D eigenvalue weighted by Gasteiger charge is -2.18. The van der Waals surface area contributed by atoms with Crippen LogP contribution in [-0.2, 0) is 14.3 Å². The summed E-state index contributed by atoms with van der Waals surface area (Å²) in [4.78, 5) is 24.0. The van der Waals surface area contributed by atoms with Gasteiger partial charge in [-0.3, -0.25) is 4.79 Å². The third kappa shape index (κ3) is 15.8. The van der Waals surface area contributed by atoms with E-state index in [2.05, 4.69) is 31.8 Å². The highest BCUT2D eigenvalue weighted by Crippen LogP contribution is 2.06. The van der Waals surface area contributed by atoms with Crippen LogP contribution in [0.4, 0.5) is 0 Å². The first-order valence-corrected chi connectivity index (χ1v) is 11.2. The molecule has 158 valence electrons. The van der Waals surface area contributed by atoms with E-state index in [9.17, 15) is 9.59 Å². The monoisotopic (exact) mass is 419 g/mol. The number of nitrogens with one attached hydrogen (secondary N) is 1. The number of esters is 1. The molecule has 0 heterocycles. The Balaban J connectivity index is 0. The van der Waals surface area contributed by atoms with E-state index < -0.39 is 17.9 Å². The Morgan fingerprint density at radius 3 is 2.33 bits per heavy atom. The maximum absolute atomic E-state index is 12.3. The molecule has 0 fully saturated rings. The Bertz CT molecular complexity index is 446. The number of ether oxygens (including phenoxy) is 1. The molecule has 0 saturated heterocycles. The van der Waals surface area contributed by atoms with Crippen molar-refractivity contribution in [1.29, 1.82) is 0 Å². The summed E-state index contributed by atoms with van der Waals surface area (Å²) in [5.41, 5.74) is 11.4. The lowest BCUT2D eigenvalue weighted by molar-refractivity contribution is -0.145. The van der Waals surface area contributed by atoms with E-state index in [1.807, 2.05) is 24.5 Å². The first-order valence-electron chi connectivity index (χ1n) is 9.18. The predicted molar refractivity (Wildman–Crippen MR) is 120 cm³/mol. The Labute approximate surface area is 174 Å². The molecule has 0 spiro atoms. The molecule has 0 aliphatic carbocycles. The van der Waals surface area contributed by atoms with Crippen molar-refractivity contribution >= 4 is 36.3 Å². The van der Waals surface area contributed by atoms with Crippen LogP contribution >= 0.6 is 24.4 Å². The highest BCUT2D eigenvalue weighted by Gasteiger charge is 2.23. The number of methoxy groups -OCH3 is 1. The van der Waals surface area contributed by atoms with E-state index >= 15 is 0 Å². The molecule has 0 radical (unpaired) electrons. The van der Waals surface area contributed by atoms with Gasteiger partial charge in [-0.15, -0.1) is 0 Å². The second-order valence-corrected chi connectivity index (χ2v) is 7.20. The first kappa shape index (κ1) is 28.3. The van der Waals surface area contributed by atoms with Gasteiger partial charge in [-0.1, -0.05) is 44.6 Å². The van der Waals surface area contributed by atoms with Crippen LogP contribution in [-0.4, -0.2) is 55.4 Å². The first-order chi connectivity index (χ1) is 12.9. The topological polar surface area (TPSA) is 107 Å². The molecular formula is C19H37N3O3S2. The number of allylic oxidation sites excluding steroid dienone is 2. The molecule has 0 rings (SSSR count). The zero-order valence-electron chi connectivity index (χ0n) is 17.0. The summed E-state index contributed by atoms with van der Waals surface area (Å²) in [6, 6.07) is -0.724. The van der Waals surface area contributed by atoms with Crippen molar-refractivity contribution in [3.63, 3.8) is 0 Å². The fourth-order valence-corrected chi connectivity index (χ4v) is 2.41. The van der Waals surface area contributed by atoms with Crippen molar-refractivity contribution < 1.29 is 14.3 Å². The van der Waals surface area contributed by atoms with Crippen LogP contribution in [0.15, 0.2) is 24.3 Å². The molecular weight excluding hydrogens is 382 g/mol. The molecule has 0 bridgehead atoms. The average molecular weight is 420 g/mol. The van der Waals surface area contributed by atoms with Crippen LogP contribution in [0, 0.1) is 5.92 Å². The standard InChI is InChI=1S/C16H29N3O3S2.C3H8/c1-22-16(21)14(8-9-24-2)19-15(20)12(10-17)6-4-3-5-7-13(18)11-23;1-3-2/h4-7,12-14,23H,3,8-11,17-18H2,1-2H3,(H,19,20);3H2,1-2H3/b6-4-,7-5+;. The average Bonchev–Trinajstić information content (AvgIpc) is 2.67. The smallest absolute Gasteiger partial charge is 0.328 e. The van der Waals surface area contributed by atoms with Gasteiger partial charge in [0.25, 0.3) is 0 Å². The number of carbonyl (C=O) groups is 2. The summed E-state index contributed by atoms with van der Waals surface area (Å²) in [5.74, 6) is 0.124. The maximum atomic E-state index is 12.3. The highest BCUT2D eigenvalue weighted by molar-refractivity contribution is 7.98. The molecule has 1 amide bonds. The highest BCUT2D eigenvalue weighted by atomic mass is 32.2. The van der Waals surface area contributed by atoms with Crippen molar-refractivity contribution in [2.24, 2.45) is 17.4 Å². The van der Waals surface area contributed by atoms with Gasteiger partial charge in [0.1, 0.15) is 6.04 Å². The number of thiol groups is 1. The van der Waals surface area contributed by atoms with E-state index in [4.69, 9.17) is 16.2 Å². The van der Waals surface area contributed by atoms with Gasteiger partial charge in [-0.05, 0) is 24.9 Å². The number of amides is 1. The van der Waals surface area contributed by atoms with Crippen molar-refractivity contribution in [2.45, 2.75) is 45.2 Å². The van der Waals surface area contributed by atoms with Crippen molar-refractivity contribution in [2.75, 3.05) is 31.4 Å². The van der Waals surface area contributed by atoms with Gasteiger partial charge in [0, 0.05) is 18.3 Å². The van der Waals surface area contributed by atoms with E-state index in [1.54, 1.807) is 17.8 Å². The van der Waals surface area contributed by atoms with E-state index in [1.165, 1.54) is 13.5 Å². The summed E-state index contributed by atoms with van der Waals surface area (Å²) in [6.07, 6.45) is 11.7. The number of hydrogen-bond acceptors (Lipinski definition) is 7. The molecule has 3 atom stereocenters. The molecule has 0 aliphatic rings. The lowest BCUT2D eigenvalue weighted by Crippen LogP contribution is -2.45. The lowest BCUT2D eigenvalue weighted by atomic mass is 10.1. The third-order valence-corrected chi connectivity index (χ3v) is 4.30. The normalized spacial score (nSPS) is 14.3. The SMILES string of the molecule is CCC.COC(=O)C(CCSC)NC(=O)C(/C=C\C/C=C/C(N)CS)CN. The van der Waals surface area contributed by atoms with Crippen molar-refractivity contribution in [1.82, 2.24) is 5.32 Å². The quantitative estimate of drug-likeness (QED) is 0.219. The Kier molecular flexibility index (Phi) is 20.7. The number of nitrogens with two attached hydrogens (primary N) is 2. The second kappa shape index (κ2) is 19.8. The molecule has 5 N–H and O–H groups in total. The summed E-state index contributed by atoms with van der Waals surface area (Å²) >= 11 is 5.69. The van der Waals surface area contributed by atoms with Gasteiger partial charge in [0.2, 0.25) is 5.91 Å². The van der Waals surface area contributed by atoms with Crippen LogP contribution in [0.25, 0.3) is 0 Å². The minimum atomic E-state index is -0.648. The number of thioether (sulfide) groups is 1. The molecule has 0 saturated carbocycles. The zero-order valence-corrected chi connectivity index (χ0v) is 18.7. The maximum Gasteiger partial charge on any atom is 0.328 e. The van der Waals surface area contributed by atoms with E-state index in [0.29, 0.717) is 18.6 Å². The Morgan fingerprint density at radius 1 is 1.26 bits per heavy atom. The largest absolute Gasteiger partial charge is 0.467 e. The van der Waals surface area contributed by atoms with E-state index in [-0.39, 0.29) is 18.5 Å². The van der Waals surface area contributed by atoms with Crippen molar-refractivity contribution in [3.05, 3.63) is 24.3 Å². The Morgan fingerprint density at radius 2 is 1.85 bits per heavy atom. The fourth-order valence-electron chi connectivity index (χ4n) is 1.81. The minimum Gasteiger partial charge on any atom is -0.467 e. The summed E-state index contributed by atoms with van der Waals surface area (Å²) in [5, 5.41) is 2.72. The summed E-state index contributed by atoms with van der Waals surface area (Å²) in [6.45, 7) is 4.42. The zero-order chi connectivity index (χ0) is 21.1. The minimum absolute atomic E-state index is 0.0763. The third-order valence-electron chi connectivity index (χ3n) is 3.24. The molecule has 0 aliphatic heterocycles. The van der Waals surface area contributed by atoms with Crippen LogP contribution in [0.1, 0.15) is 33.1 Å². The molecule has 0 aromatic rings. The van der Waals surface area contributed by atoms with Crippen LogP contribution in [0.5, 0.6) is 0 Å². The second-order valence-electron chi connectivity index (χ2n) is 5.85. The molecule has 8 heteroatoms. The molecule has 0 aromatic carbocycles. The summed E-state index contributed by atoms with van der Waals surface area (Å²) < 4.78 is 4.73. The fraction of sp³-hybridized carbons (Fsp3) is 0.684. The van der Waals surface area contributed by atoms with Gasteiger partial charge in [-0.25, -0.2) is 4.79 Å². The predicted octanol–water partition coefficient (Wildman–Crippen LogP) is 2.15. The van der Waals surface area contributed by atoms with Gasteiger partial charge in [-0.2, -0.15) is 24.4 Å². The molecule has 27 heavy (non-hydrogen) atoms. The molecule has 3 unspecified atom stereocenters.